The van der Waals surface area contributed by atoms with E-state index < -0.39 is 0 Å². The summed E-state index contributed by atoms with van der Waals surface area (Å²) in [5.41, 5.74) is 5.04. The second-order valence-electron chi connectivity index (χ2n) is 5.47. The van der Waals surface area contributed by atoms with Crippen LogP contribution in [0.1, 0.15) is 29.2 Å². The van der Waals surface area contributed by atoms with Crippen molar-refractivity contribution in [2.24, 2.45) is 0 Å². The monoisotopic (exact) mass is 283 g/mol. The van der Waals surface area contributed by atoms with Crippen LogP contribution in [-0.2, 0) is 12.8 Å². The molecule has 0 aliphatic heterocycles. The van der Waals surface area contributed by atoms with E-state index in [0.29, 0.717) is 12.5 Å². The van der Waals surface area contributed by atoms with Crippen molar-refractivity contribution in [1.29, 1.82) is 0 Å². The molecule has 0 fully saturated rings. The predicted octanol–water partition coefficient (Wildman–Crippen LogP) is 3.33. The van der Waals surface area contributed by atoms with E-state index in [2.05, 4.69) is 41.7 Å². The Morgan fingerprint density at radius 1 is 1.19 bits per heavy atom. The van der Waals surface area contributed by atoms with Gasteiger partial charge in [-0.2, -0.15) is 0 Å². The third-order valence-electron chi connectivity index (χ3n) is 4.13. The van der Waals surface area contributed by atoms with Crippen LogP contribution in [0.4, 0.5) is 5.69 Å². The van der Waals surface area contributed by atoms with Gasteiger partial charge in [0.1, 0.15) is 5.75 Å². The Hall–Kier alpha value is -2.00. The van der Waals surface area contributed by atoms with Crippen LogP contribution in [0.15, 0.2) is 42.5 Å². The van der Waals surface area contributed by atoms with Gasteiger partial charge in [-0.1, -0.05) is 18.2 Å². The first kappa shape index (κ1) is 14.0. The van der Waals surface area contributed by atoms with Crippen LogP contribution in [0.25, 0.3) is 0 Å². The van der Waals surface area contributed by atoms with Gasteiger partial charge in [-0.3, -0.25) is 0 Å². The molecule has 0 saturated carbocycles. The minimum Gasteiger partial charge on any atom is -0.497 e. The Morgan fingerprint density at radius 2 is 2.00 bits per heavy atom. The molecule has 0 heterocycles. The molecule has 1 aliphatic rings. The lowest BCUT2D eigenvalue weighted by atomic mass is 10.1. The van der Waals surface area contributed by atoms with Crippen molar-refractivity contribution < 1.29 is 9.84 Å². The summed E-state index contributed by atoms with van der Waals surface area (Å²) in [7, 11) is 1.71. The van der Waals surface area contributed by atoms with Gasteiger partial charge in [0, 0.05) is 12.3 Å². The molecule has 110 valence electrons. The lowest BCUT2D eigenvalue weighted by Crippen LogP contribution is -2.07. The number of methoxy groups -OCH3 is 1. The Bertz CT molecular complexity index is 607. The summed E-state index contributed by atoms with van der Waals surface area (Å²) in [4.78, 5) is 0. The van der Waals surface area contributed by atoms with Gasteiger partial charge >= 0.3 is 0 Å². The minimum absolute atomic E-state index is 0.197. The molecule has 3 nitrogen and oxygen atoms in total. The number of aliphatic hydroxyl groups excluding tert-OH is 1. The van der Waals surface area contributed by atoms with Crippen molar-refractivity contribution in [1.82, 2.24) is 0 Å². The van der Waals surface area contributed by atoms with Gasteiger partial charge in [0.2, 0.25) is 0 Å². The van der Waals surface area contributed by atoms with E-state index in [0.717, 1.165) is 29.8 Å². The largest absolute Gasteiger partial charge is 0.497 e. The molecular weight excluding hydrogens is 262 g/mol. The number of fused-ring (bicyclic) bond motifs is 1. The standard InChI is InChI=1S/C18H21NO2/c1-21-16-8-4-14-5-9-18(17(14)12-16)19-15-6-2-13(3-7-15)10-11-20/h2-4,6-8,12,18-20H,5,9-11H2,1H3. The van der Waals surface area contributed by atoms with Crippen molar-refractivity contribution in [3.8, 4) is 5.75 Å². The Morgan fingerprint density at radius 3 is 2.71 bits per heavy atom. The normalized spacial score (nSPS) is 16.6. The van der Waals surface area contributed by atoms with Crippen LogP contribution in [-0.4, -0.2) is 18.8 Å². The van der Waals surface area contributed by atoms with Crippen LogP contribution in [0.5, 0.6) is 5.75 Å². The molecule has 0 bridgehead atoms. The van der Waals surface area contributed by atoms with Crippen molar-refractivity contribution in [2.45, 2.75) is 25.3 Å². The smallest absolute Gasteiger partial charge is 0.119 e. The van der Waals surface area contributed by atoms with Crippen LogP contribution in [0.2, 0.25) is 0 Å². The van der Waals surface area contributed by atoms with E-state index in [1.807, 2.05) is 6.07 Å². The van der Waals surface area contributed by atoms with Gasteiger partial charge < -0.3 is 15.2 Å². The molecular formula is C18H21NO2. The van der Waals surface area contributed by atoms with E-state index >= 15 is 0 Å². The number of ether oxygens (including phenoxy) is 1. The minimum atomic E-state index is 0.197. The fraction of sp³-hybridized carbons (Fsp3) is 0.333. The quantitative estimate of drug-likeness (QED) is 0.884. The third-order valence-corrected chi connectivity index (χ3v) is 4.13. The van der Waals surface area contributed by atoms with E-state index in [-0.39, 0.29) is 6.61 Å². The Balaban J connectivity index is 1.75. The first-order valence-electron chi connectivity index (χ1n) is 7.43. The van der Waals surface area contributed by atoms with Gasteiger partial charge in [-0.25, -0.2) is 0 Å². The van der Waals surface area contributed by atoms with Crippen LogP contribution >= 0.6 is 0 Å². The van der Waals surface area contributed by atoms with Gasteiger partial charge in [-0.15, -0.1) is 0 Å². The van der Waals surface area contributed by atoms with Gasteiger partial charge in [0.05, 0.1) is 13.2 Å². The lowest BCUT2D eigenvalue weighted by Gasteiger charge is -2.16. The van der Waals surface area contributed by atoms with Crippen LogP contribution in [0.3, 0.4) is 0 Å². The number of anilines is 1. The second kappa shape index (κ2) is 6.19. The van der Waals surface area contributed by atoms with Crippen molar-refractivity contribution >= 4 is 5.69 Å². The van der Waals surface area contributed by atoms with E-state index in [9.17, 15) is 0 Å². The fourth-order valence-corrected chi connectivity index (χ4v) is 2.96. The Labute approximate surface area is 125 Å². The number of hydrogen-bond acceptors (Lipinski definition) is 3. The molecule has 1 aliphatic carbocycles. The maximum atomic E-state index is 8.95. The first-order valence-corrected chi connectivity index (χ1v) is 7.43. The molecule has 1 atom stereocenters. The molecule has 2 aromatic rings. The highest BCUT2D eigenvalue weighted by Gasteiger charge is 2.22. The molecule has 0 amide bonds. The van der Waals surface area contributed by atoms with E-state index in [1.54, 1.807) is 7.11 Å². The number of benzene rings is 2. The zero-order valence-electron chi connectivity index (χ0n) is 12.3. The Kier molecular flexibility index (Phi) is 4.11. The molecule has 3 rings (SSSR count). The summed E-state index contributed by atoms with van der Waals surface area (Å²) < 4.78 is 5.33. The maximum Gasteiger partial charge on any atom is 0.119 e. The summed E-state index contributed by atoms with van der Waals surface area (Å²) >= 11 is 0. The fourth-order valence-electron chi connectivity index (χ4n) is 2.96. The maximum absolute atomic E-state index is 8.95. The third kappa shape index (κ3) is 3.03. The van der Waals surface area contributed by atoms with Gasteiger partial charge in [0.25, 0.3) is 0 Å². The highest BCUT2D eigenvalue weighted by Crippen LogP contribution is 2.36. The summed E-state index contributed by atoms with van der Waals surface area (Å²) in [6.45, 7) is 0.197. The molecule has 21 heavy (non-hydrogen) atoms. The average Bonchev–Trinajstić information content (AvgIpc) is 2.92. The predicted molar refractivity (Wildman–Crippen MR) is 84.9 cm³/mol. The first-order chi connectivity index (χ1) is 10.3. The molecule has 0 aromatic heterocycles. The van der Waals surface area contributed by atoms with Crippen LogP contribution in [0, 0.1) is 0 Å². The number of rotatable bonds is 5. The lowest BCUT2D eigenvalue weighted by molar-refractivity contribution is 0.299. The average molecular weight is 283 g/mol. The molecule has 0 radical (unpaired) electrons. The molecule has 2 N–H and O–H groups in total. The highest BCUT2D eigenvalue weighted by molar-refractivity contribution is 5.50. The van der Waals surface area contributed by atoms with E-state index in [4.69, 9.17) is 9.84 Å². The van der Waals surface area contributed by atoms with Crippen LogP contribution < -0.4 is 10.1 Å². The molecule has 0 saturated heterocycles. The van der Waals surface area contributed by atoms with Crippen molar-refractivity contribution in [3.05, 3.63) is 59.2 Å². The molecule has 2 aromatic carbocycles. The highest BCUT2D eigenvalue weighted by atomic mass is 16.5. The number of hydrogen-bond donors (Lipinski definition) is 2. The number of aliphatic hydroxyl groups is 1. The summed E-state index contributed by atoms with van der Waals surface area (Å²) in [6, 6.07) is 15.0. The SMILES string of the molecule is COc1ccc2c(c1)C(Nc1ccc(CCO)cc1)CC2. The summed E-state index contributed by atoms with van der Waals surface area (Å²) in [6.07, 6.45) is 2.93. The van der Waals surface area contributed by atoms with E-state index in [1.165, 1.54) is 11.1 Å². The van der Waals surface area contributed by atoms with Crippen molar-refractivity contribution in [3.63, 3.8) is 0 Å². The molecule has 0 spiro atoms. The topological polar surface area (TPSA) is 41.5 Å². The van der Waals surface area contributed by atoms with Gasteiger partial charge in [0.15, 0.2) is 0 Å². The number of aryl methyl sites for hydroxylation is 1. The number of nitrogens with one attached hydrogen (secondary N) is 1. The molecule has 1 unspecified atom stereocenters. The van der Waals surface area contributed by atoms with Crippen molar-refractivity contribution in [2.75, 3.05) is 19.0 Å². The zero-order chi connectivity index (χ0) is 14.7. The second-order valence-corrected chi connectivity index (χ2v) is 5.47. The van der Waals surface area contributed by atoms with Gasteiger partial charge in [-0.05, 0) is 60.2 Å². The summed E-state index contributed by atoms with van der Waals surface area (Å²) in [5, 5.41) is 12.5. The summed E-state index contributed by atoms with van der Waals surface area (Å²) in [5.74, 6) is 0.917. The molecule has 3 heteroatoms. The zero-order valence-corrected chi connectivity index (χ0v) is 12.3.